The van der Waals surface area contributed by atoms with Crippen LogP contribution in [0.4, 0.5) is 11.4 Å². The molecular formula is C18H23BrN2O2. The molecule has 2 N–H and O–H groups in total. The molecule has 0 atom stereocenters. The quantitative estimate of drug-likeness (QED) is 0.476. The molecule has 2 aromatic rings. The van der Waals surface area contributed by atoms with E-state index < -0.39 is 0 Å². The van der Waals surface area contributed by atoms with Crippen LogP contribution in [0, 0.1) is 0 Å². The predicted octanol–water partition coefficient (Wildman–Crippen LogP) is 6.26. The van der Waals surface area contributed by atoms with E-state index in [2.05, 4.69) is 40.0 Å². The van der Waals surface area contributed by atoms with Crippen LogP contribution in [0.2, 0.25) is 0 Å². The van der Waals surface area contributed by atoms with Crippen LogP contribution < -0.4 is 0 Å². The maximum absolute atomic E-state index is 9.85. The normalized spacial score (nSPS) is 10.4. The number of phenolic OH excluding ortho intramolecular Hbond substituents is 2. The summed E-state index contributed by atoms with van der Waals surface area (Å²) in [4.78, 5) is 0. The van der Waals surface area contributed by atoms with Crippen molar-refractivity contribution in [3.05, 3.63) is 48.0 Å². The molecule has 4 nitrogen and oxygen atoms in total. The number of halogens is 1. The maximum atomic E-state index is 9.85. The number of azo groups is 1. The number of hydrogen-bond donors (Lipinski definition) is 2. The third kappa shape index (κ3) is 6.40. The van der Waals surface area contributed by atoms with Crippen LogP contribution in [0.3, 0.4) is 0 Å². The van der Waals surface area contributed by atoms with Crippen LogP contribution >= 0.6 is 15.9 Å². The van der Waals surface area contributed by atoms with Crippen LogP contribution in [0.25, 0.3) is 0 Å². The summed E-state index contributed by atoms with van der Waals surface area (Å²) in [6.07, 6.45) is 3.02. The molecule has 0 fully saturated rings. The van der Waals surface area contributed by atoms with Crippen molar-refractivity contribution in [1.82, 2.24) is 0 Å². The Labute approximate surface area is 146 Å². The molecule has 0 radical (unpaired) electrons. The number of benzene rings is 2. The van der Waals surface area contributed by atoms with E-state index in [4.69, 9.17) is 0 Å². The molecule has 0 aliphatic rings. The van der Waals surface area contributed by atoms with Crippen molar-refractivity contribution in [3.8, 4) is 11.5 Å². The van der Waals surface area contributed by atoms with Crippen molar-refractivity contribution in [2.45, 2.75) is 33.1 Å². The molecule has 0 spiro atoms. The Morgan fingerprint density at radius 3 is 2.13 bits per heavy atom. The lowest BCUT2D eigenvalue weighted by Gasteiger charge is -2.05. The predicted molar refractivity (Wildman–Crippen MR) is 98.5 cm³/mol. The lowest BCUT2D eigenvalue weighted by atomic mass is 10.1. The third-order valence-corrected chi connectivity index (χ3v) is 3.74. The Kier molecular flexibility index (Phi) is 8.98. The number of aromatic hydroxyl groups is 2. The van der Waals surface area contributed by atoms with E-state index in [9.17, 15) is 10.2 Å². The van der Waals surface area contributed by atoms with Crippen molar-refractivity contribution in [2.24, 2.45) is 10.2 Å². The topological polar surface area (TPSA) is 65.2 Å². The van der Waals surface area contributed by atoms with E-state index in [-0.39, 0.29) is 11.5 Å². The summed E-state index contributed by atoms with van der Waals surface area (Å²) in [7, 11) is 0. The molecule has 2 aromatic carbocycles. The fraction of sp³-hybridized carbons (Fsp3) is 0.333. The highest BCUT2D eigenvalue weighted by Gasteiger charge is 2.06. The van der Waals surface area contributed by atoms with Crippen LogP contribution in [0.5, 0.6) is 11.5 Å². The number of phenols is 2. The minimum Gasteiger partial charge on any atom is -0.506 e. The van der Waals surface area contributed by atoms with Gasteiger partial charge in [0, 0.05) is 5.33 Å². The highest BCUT2D eigenvalue weighted by atomic mass is 79.9. The fourth-order valence-electron chi connectivity index (χ4n) is 1.82. The number of alkyl halides is 1. The first-order valence-electron chi connectivity index (χ1n) is 7.70. The molecule has 0 bridgehead atoms. The number of para-hydroxylation sites is 1. The van der Waals surface area contributed by atoms with Gasteiger partial charge in [-0.1, -0.05) is 60.5 Å². The second kappa shape index (κ2) is 10.8. The number of nitrogens with zero attached hydrogens (tertiary/aromatic N) is 2. The molecule has 5 heteroatoms. The van der Waals surface area contributed by atoms with Gasteiger partial charge in [0.15, 0.2) is 0 Å². The van der Waals surface area contributed by atoms with E-state index in [0.717, 1.165) is 23.7 Å². The standard InChI is InChI=1S/C15H16N2O2.C3H7Br/c1-2-6-11-7-5-10-14(19)15(11)17-16-12-8-3-4-9-13(12)18;1-2-3-4/h3-5,7-10,18-19H,2,6H2,1H3;2-3H2,1H3. The van der Waals surface area contributed by atoms with Gasteiger partial charge in [-0.25, -0.2) is 0 Å². The molecular weight excluding hydrogens is 356 g/mol. The number of rotatable bonds is 5. The summed E-state index contributed by atoms with van der Waals surface area (Å²) in [6.45, 7) is 4.20. The SMILES string of the molecule is CCCBr.CCCc1cccc(O)c1N=Nc1ccccc1O. The molecule has 0 aliphatic heterocycles. The molecule has 124 valence electrons. The van der Waals surface area contributed by atoms with Gasteiger partial charge < -0.3 is 10.2 Å². The fourth-order valence-corrected chi connectivity index (χ4v) is 1.82. The zero-order valence-corrected chi connectivity index (χ0v) is 15.1. The number of aryl methyl sites for hydroxylation is 1. The Balaban J connectivity index is 0.000000593. The molecule has 0 unspecified atom stereocenters. The Morgan fingerprint density at radius 2 is 1.52 bits per heavy atom. The molecule has 0 aromatic heterocycles. The molecule has 0 saturated carbocycles. The van der Waals surface area contributed by atoms with Crippen molar-refractivity contribution >= 4 is 27.3 Å². The maximum Gasteiger partial charge on any atom is 0.143 e. The zero-order valence-electron chi connectivity index (χ0n) is 13.5. The zero-order chi connectivity index (χ0) is 17.1. The molecule has 0 aliphatic carbocycles. The minimum atomic E-state index is 0.0683. The summed E-state index contributed by atoms with van der Waals surface area (Å²) in [5, 5.41) is 28.7. The van der Waals surface area contributed by atoms with E-state index in [0.29, 0.717) is 11.4 Å². The van der Waals surface area contributed by atoms with Gasteiger partial charge in [0.05, 0.1) is 0 Å². The molecule has 2 rings (SSSR count). The monoisotopic (exact) mass is 378 g/mol. The van der Waals surface area contributed by atoms with Crippen molar-refractivity contribution < 1.29 is 10.2 Å². The van der Waals surface area contributed by atoms with Gasteiger partial charge in [0.25, 0.3) is 0 Å². The van der Waals surface area contributed by atoms with Crippen molar-refractivity contribution in [1.29, 1.82) is 0 Å². The summed E-state index contributed by atoms with van der Waals surface area (Å²) < 4.78 is 0. The molecule has 0 amide bonds. The third-order valence-electron chi connectivity index (χ3n) is 2.95. The Bertz CT molecular complexity index is 628. The molecule has 0 saturated heterocycles. The second-order valence-electron chi connectivity index (χ2n) is 4.91. The van der Waals surface area contributed by atoms with Gasteiger partial charge in [-0.2, -0.15) is 0 Å². The van der Waals surface area contributed by atoms with Crippen LogP contribution in [-0.4, -0.2) is 15.5 Å². The lowest BCUT2D eigenvalue weighted by Crippen LogP contribution is -1.83. The summed E-state index contributed by atoms with van der Waals surface area (Å²) in [6, 6.07) is 12.0. The lowest BCUT2D eigenvalue weighted by molar-refractivity contribution is 0.473. The first-order valence-corrected chi connectivity index (χ1v) is 8.82. The van der Waals surface area contributed by atoms with Crippen molar-refractivity contribution in [3.63, 3.8) is 0 Å². The minimum absolute atomic E-state index is 0.0683. The first kappa shape index (κ1) is 19.2. The van der Waals surface area contributed by atoms with Gasteiger partial charge in [0.1, 0.15) is 22.9 Å². The first-order chi connectivity index (χ1) is 11.1. The van der Waals surface area contributed by atoms with Gasteiger partial charge in [0.2, 0.25) is 0 Å². The smallest absolute Gasteiger partial charge is 0.143 e. The van der Waals surface area contributed by atoms with Gasteiger partial charge in [-0.05, 0) is 36.6 Å². The highest BCUT2D eigenvalue weighted by Crippen LogP contribution is 2.34. The summed E-state index contributed by atoms with van der Waals surface area (Å²) in [5.41, 5.74) is 1.79. The second-order valence-corrected chi connectivity index (χ2v) is 5.71. The Morgan fingerprint density at radius 1 is 0.870 bits per heavy atom. The largest absolute Gasteiger partial charge is 0.506 e. The molecule has 0 heterocycles. The average Bonchev–Trinajstić information content (AvgIpc) is 2.56. The Hall–Kier alpha value is -1.88. The van der Waals surface area contributed by atoms with Crippen LogP contribution in [0.15, 0.2) is 52.7 Å². The van der Waals surface area contributed by atoms with E-state index in [1.54, 1.807) is 36.4 Å². The van der Waals surface area contributed by atoms with Gasteiger partial charge in [-0.3, -0.25) is 0 Å². The van der Waals surface area contributed by atoms with E-state index in [1.165, 1.54) is 6.42 Å². The van der Waals surface area contributed by atoms with Gasteiger partial charge >= 0.3 is 0 Å². The van der Waals surface area contributed by atoms with Crippen LogP contribution in [0.1, 0.15) is 32.3 Å². The average molecular weight is 379 g/mol. The highest BCUT2D eigenvalue weighted by molar-refractivity contribution is 9.09. The summed E-state index contributed by atoms with van der Waals surface area (Å²) in [5.74, 6) is 0.170. The number of hydrogen-bond acceptors (Lipinski definition) is 4. The summed E-state index contributed by atoms with van der Waals surface area (Å²) >= 11 is 3.25. The van der Waals surface area contributed by atoms with Crippen molar-refractivity contribution in [2.75, 3.05) is 5.33 Å². The van der Waals surface area contributed by atoms with E-state index in [1.807, 2.05) is 6.07 Å². The van der Waals surface area contributed by atoms with E-state index >= 15 is 0 Å². The van der Waals surface area contributed by atoms with Crippen LogP contribution in [-0.2, 0) is 6.42 Å². The molecule has 23 heavy (non-hydrogen) atoms. The van der Waals surface area contributed by atoms with Gasteiger partial charge in [-0.15, -0.1) is 10.2 Å².